The SMILES string of the molecule is Cc1nc(N(C)Cc2ccncc2)sc1C=O. The Labute approximate surface area is 104 Å². The van der Waals surface area contributed by atoms with Crippen LogP contribution in [0.5, 0.6) is 0 Å². The van der Waals surface area contributed by atoms with E-state index in [1.165, 1.54) is 16.9 Å². The minimum absolute atomic E-state index is 0.696. The van der Waals surface area contributed by atoms with Gasteiger partial charge in [0.25, 0.3) is 0 Å². The van der Waals surface area contributed by atoms with Gasteiger partial charge in [0.2, 0.25) is 0 Å². The van der Waals surface area contributed by atoms with Crippen molar-refractivity contribution in [3.05, 3.63) is 40.7 Å². The molecule has 2 aromatic rings. The van der Waals surface area contributed by atoms with Gasteiger partial charge in [-0.05, 0) is 24.6 Å². The minimum atomic E-state index is 0.696. The third kappa shape index (κ3) is 2.68. The highest BCUT2D eigenvalue weighted by atomic mass is 32.1. The highest BCUT2D eigenvalue weighted by Crippen LogP contribution is 2.24. The van der Waals surface area contributed by atoms with Gasteiger partial charge in [-0.15, -0.1) is 0 Å². The van der Waals surface area contributed by atoms with Crippen molar-refractivity contribution in [1.29, 1.82) is 0 Å². The van der Waals surface area contributed by atoms with Crippen LogP contribution in [0.25, 0.3) is 0 Å². The Morgan fingerprint density at radius 1 is 1.41 bits per heavy atom. The summed E-state index contributed by atoms with van der Waals surface area (Å²) in [5.41, 5.74) is 1.96. The van der Waals surface area contributed by atoms with E-state index in [0.717, 1.165) is 23.7 Å². The van der Waals surface area contributed by atoms with Crippen molar-refractivity contribution in [2.24, 2.45) is 0 Å². The molecule has 2 heterocycles. The number of anilines is 1. The molecule has 0 radical (unpaired) electrons. The molecule has 88 valence electrons. The topological polar surface area (TPSA) is 46.1 Å². The summed E-state index contributed by atoms with van der Waals surface area (Å²) >= 11 is 1.42. The molecule has 0 bridgehead atoms. The van der Waals surface area contributed by atoms with Gasteiger partial charge in [-0.2, -0.15) is 0 Å². The zero-order valence-electron chi connectivity index (χ0n) is 9.75. The van der Waals surface area contributed by atoms with Gasteiger partial charge in [0.05, 0.1) is 10.6 Å². The Kier molecular flexibility index (Phi) is 3.49. The standard InChI is InChI=1S/C12H13N3OS/c1-9-11(8-16)17-12(14-9)15(2)7-10-3-5-13-6-4-10/h3-6,8H,7H2,1-2H3. The molecule has 0 saturated carbocycles. The maximum atomic E-state index is 10.8. The lowest BCUT2D eigenvalue weighted by molar-refractivity contribution is 0.112. The number of hydrogen-bond donors (Lipinski definition) is 0. The van der Waals surface area contributed by atoms with Crippen LogP contribution in [0.4, 0.5) is 5.13 Å². The number of pyridine rings is 1. The molecule has 5 heteroatoms. The summed E-state index contributed by atoms with van der Waals surface area (Å²) in [5, 5.41) is 0.862. The van der Waals surface area contributed by atoms with Crippen molar-refractivity contribution in [3.8, 4) is 0 Å². The first-order valence-corrected chi connectivity index (χ1v) is 6.05. The molecule has 0 N–H and O–H groups in total. The molecule has 0 fully saturated rings. The van der Waals surface area contributed by atoms with Crippen LogP contribution in [-0.4, -0.2) is 23.3 Å². The number of hydrogen-bond acceptors (Lipinski definition) is 5. The molecular weight excluding hydrogens is 234 g/mol. The number of rotatable bonds is 4. The first-order chi connectivity index (χ1) is 8.20. The summed E-state index contributed by atoms with van der Waals surface area (Å²) in [7, 11) is 1.97. The zero-order chi connectivity index (χ0) is 12.3. The molecule has 0 amide bonds. The average Bonchev–Trinajstić information content (AvgIpc) is 2.72. The Hall–Kier alpha value is -1.75. The van der Waals surface area contributed by atoms with Gasteiger partial charge in [-0.1, -0.05) is 11.3 Å². The summed E-state index contributed by atoms with van der Waals surface area (Å²) in [6, 6.07) is 3.94. The third-order valence-corrected chi connectivity index (χ3v) is 3.62. The fourth-order valence-electron chi connectivity index (χ4n) is 1.50. The Morgan fingerprint density at radius 2 is 2.12 bits per heavy atom. The molecule has 0 atom stereocenters. The fraction of sp³-hybridized carbons (Fsp3) is 0.250. The Bertz CT molecular complexity index is 510. The molecule has 4 nitrogen and oxygen atoms in total. The van der Waals surface area contributed by atoms with E-state index in [2.05, 4.69) is 9.97 Å². The van der Waals surface area contributed by atoms with Gasteiger partial charge >= 0.3 is 0 Å². The molecule has 17 heavy (non-hydrogen) atoms. The second-order valence-electron chi connectivity index (χ2n) is 3.78. The normalized spacial score (nSPS) is 10.2. The first-order valence-electron chi connectivity index (χ1n) is 5.23. The van der Waals surface area contributed by atoms with Crippen molar-refractivity contribution in [2.75, 3.05) is 11.9 Å². The smallest absolute Gasteiger partial charge is 0.186 e. The van der Waals surface area contributed by atoms with E-state index in [4.69, 9.17) is 0 Å². The quantitative estimate of drug-likeness (QED) is 0.778. The van der Waals surface area contributed by atoms with Crippen LogP contribution in [0.3, 0.4) is 0 Å². The summed E-state index contributed by atoms with van der Waals surface area (Å²) in [6.45, 7) is 2.61. The predicted molar refractivity (Wildman–Crippen MR) is 68.6 cm³/mol. The lowest BCUT2D eigenvalue weighted by Gasteiger charge is -2.15. The fourth-order valence-corrected chi connectivity index (χ4v) is 2.34. The summed E-state index contributed by atoms with van der Waals surface area (Å²) < 4.78 is 0. The monoisotopic (exact) mass is 247 g/mol. The second-order valence-corrected chi connectivity index (χ2v) is 4.78. The van der Waals surface area contributed by atoms with Gasteiger partial charge in [-0.25, -0.2) is 4.98 Å². The molecule has 2 rings (SSSR count). The van der Waals surface area contributed by atoms with Crippen molar-refractivity contribution in [2.45, 2.75) is 13.5 Å². The minimum Gasteiger partial charge on any atom is -0.347 e. The van der Waals surface area contributed by atoms with Crippen LogP contribution >= 0.6 is 11.3 Å². The van der Waals surface area contributed by atoms with Crippen LogP contribution in [-0.2, 0) is 6.54 Å². The van der Waals surface area contributed by atoms with E-state index in [0.29, 0.717) is 4.88 Å². The van der Waals surface area contributed by atoms with Crippen LogP contribution in [0, 0.1) is 6.92 Å². The molecule has 0 aromatic carbocycles. The number of thiazole rings is 1. The highest BCUT2D eigenvalue weighted by Gasteiger charge is 2.10. The van der Waals surface area contributed by atoms with Crippen LogP contribution in [0.15, 0.2) is 24.5 Å². The molecular formula is C12H13N3OS. The number of nitrogens with zero attached hydrogens (tertiary/aromatic N) is 3. The molecule has 0 unspecified atom stereocenters. The summed E-state index contributed by atoms with van der Waals surface area (Å²) in [5.74, 6) is 0. The third-order valence-electron chi connectivity index (χ3n) is 2.42. The maximum absolute atomic E-state index is 10.8. The van der Waals surface area contributed by atoms with E-state index >= 15 is 0 Å². The highest BCUT2D eigenvalue weighted by molar-refractivity contribution is 7.17. The van der Waals surface area contributed by atoms with E-state index in [1.807, 2.05) is 31.0 Å². The average molecular weight is 247 g/mol. The first kappa shape index (κ1) is 11.7. The van der Waals surface area contributed by atoms with Crippen molar-refractivity contribution < 1.29 is 4.79 Å². The van der Waals surface area contributed by atoms with Crippen LogP contribution in [0.2, 0.25) is 0 Å². The Balaban J connectivity index is 2.14. The van der Waals surface area contributed by atoms with Gasteiger partial charge in [0.15, 0.2) is 11.4 Å². The number of aldehydes is 1. The van der Waals surface area contributed by atoms with Crippen LogP contribution < -0.4 is 4.90 Å². The number of carbonyl (C=O) groups excluding carboxylic acids is 1. The number of aromatic nitrogens is 2. The lowest BCUT2D eigenvalue weighted by atomic mass is 10.2. The van der Waals surface area contributed by atoms with Gasteiger partial charge in [0.1, 0.15) is 0 Å². The van der Waals surface area contributed by atoms with Gasteiger partial charge in [0, 0.05) is 26.0 Å². The summed E-state index contributed by atoms with van der Waals surface area (Å²) in [6.07, 6.45) is 4.40. The van der Waals surface area contributed by atoms with Crippen molar-refractivity contribution in [1.82, 2.24) is 9.97 Å². The molecule has 0 saturated heterocycles. The van der Waals surface area contributed by atoms with E-state index in [9.17, 15) is 4.79 Å². The van der Waals surface area contributed by atoms with E-state index < -0.39 is 0 Å². The molecule has 0 aliphatic carbocycles. The van der Waals surface area contributed by atoms with Gasteiger partial charge < -0.3 is 4.90 Å². The van der Waals surface area contributed by atoms with Crippen molar-refractivity contribution >= 4 is 22.8 Å². The second kappa shape index (κ2) is 5.05. The zero-order valence-corrected chi connectivity index (χ0v) is 10.6. The van der Waals surface area contributed by atoms with Crippen LogP contribution in [0.1, 0.15) is 20.9 Å². The molecule has 2 aromatic heterocycles. The number of carbonyl (C=O) groups is 1. The molecule has 0 aliphatic rings. The lowest BCUT2D eigenvalue weighted by Crippen LogP contribution is -2.15. The van der Waals surface area contributed by atoms with Crippen molar-refractivity contribution in [3.63, 3.8) is 0 Å². The Morgan fingerprint density at radius 3 is 2.71 bits per heavy atom. The van der Waals surface area contributed by atoms with E-state index in [1.54, 1.807) is 12.4 Å². The number of aryl methyl sites for hydroxylation is 1. The van der Waals surface area contributed by atoms with Gasteiger partial charge in [-0.3, -0.25) is 9.78 Å². The maximum Gasteiger partial charge on any atom is 0.186 e. The summed E-state index contributed by atoms with van der Waals surface area (Å²) in [4.78, 5) is 21.8. The molecule has 0 spiro atoms. The largest absolute Gasteiger partial charge is 0.347 e. The molecule has 0 aliphatic heterocycles. The predicted octanol–water partition coefficient (Wildman–Crippen LogP) is 2.30. The van der Waals surface area contributed by atoms with E-state index in [-0.39, 0.29) is 0 Å².